The average molecular weight is 330 g/mol. The van der Waals surface area contributed by atoms with E-state index >= 15 is 0 Å². The maximum absolute atomic E-state index is 11.6. The van der Waals surface area contributed by atoms with Crippen LogP contribution in [0.15, 0.2) is 35.4 Å². The van der Waals surface area contributed by atoms with Gasteiger partial charge in [0.25, 0.3) is 9.05 Å². The van der Waals surface area contributed by atoms with Gasteiger partial charge in [-0.15, -0.1) is 0 Å². The first-order chi connectivity index (χ1) is 10.0. The summed E-state index contributed by atoms with van der Waals surface area (Å²) in [5, 5.41) is 0.444. The number of rotatable bonds is 7. The molecule has 1 heterocycles. The average Bonchev–Trinajstić information content (AvgIpc) is 2.45. The highest BCUT2D eigenvalue weighted by atomic mass is 35.7. The molecule has 21 heavy (non-hydrogen) atoms. The minimum Gasteiger partial charge on any atom is -0.489 e. The van der Waals surface area contributed by atoms with E-state index in [9.17, 15) is 8.42 Å². The van der Waals surface area contributed by atoms with Crippen LogP contribution in [0.4, 0.5) is 0 Å². The van der Waals surface area contributed by atoms with Crippen molar-refractivity contribution in [2.45, 2.75) is 18.2 Å². The predicted octanol–water partition coefficient (Wildman–Crippen LogP) is 2.97. The number of halogens is 1. The Kier molecular flexibility index (Phi) is 5.39. The number of pyridine rings is 1. The first-order valence-corrected chi connectivity index (χ1v) is 8.88. The van der Waals surface area contributed by atoms with Crippen molar-refractivity contribution in [3.63, 3.8) is 0 Å². The minimum absolute atomic E-state index is 0.0295. The summed E-state index contributed by atoms with van der Waals surface area (Å²) in [5.41, 5.74) is 0.467. The summed E-state index contributed by atoms with van der Waals surface area (Å²) in [6.07, 6.45) is 2.53. The topological polar surface area (TPSA) is 65.5 Å². The highest BCUT2D eigenvalue weighted by Gasteiger charge is 2.17. The molecule has 0 saturated heterocycles. The summed E-state index contributed by atoms with van der Waals surface area (Å²) in [5.74, 6) is 0.509. The molecule has 0 fully saturated rings. The molecular weight excluding hydrogens is 314 g/mol. The van der Waals surface area contributed by atoms with Crippen molar-refractivity contribution < 1.29 is 17.9 Å². The van der Waals surface area contributed by atoms with Gasteiger partial charge in [0.05, 0.1) is 11.5 Å². The highest BCUT2D eigenvalue weighted by Crippen LogP contribution is 2.31. The summed E-state index contributed by atoms with van der Waals surface area (Å²) in [7, 11) is 1.61. The normalized spacial score (nSPS) is 11.7. The minimum atomic E-state index is -3.83. The summed E-state index contributed by atoms with van der Waals surface area (Å²) in [6, 6.07) is 6.29. The van der Waals surface area contributed by atoms with Gasteiger partial charge < -0.3 is 9.47 Å². The summed E-state index contributed by atoms with van der Waals surface area (Å²) >= 11 is 0. The van der Waals surface area contributed by atoms with Crippen molar-refractivity contribution in [2.24, 2.45) is 0 Å². The van der Waals surface area contributed by atoms with E-state index in [4.69, 9.17) is 20.2 Å². The SMILES string of the molecule is CCCOCCOc1ccc(S(=O)(=O)Cl)c2cccnc12. The molecule has 0 bridgehead atoms. The van der Waals surface area contributed by atoms with Crippen LogP contribution < -0.4 is 4.74 Å². The molecule has 2 aromatic rings. The van der Waals surface area contributed by atoms with Crippen molar-refractivity contribution in [1.82, 2.24) is 4.98 Å². The fraction of sp³-hybridized carbons (Fsp3) is 0.357. The molecule has 0 spiro atoms. The monoisotopic (exact) mass is 329 g/mol. The Balaban J connectivity index is 2.26. The molecule has 0 aliphatic heterocycles. The number of nitrogens with zero attached hydrogens (tertiary/aromatic N) is 1. The molecule has 0 atom stereocenters. The van der Waals surface area contributed by atoms with Gasteiger partial charge in [0, 0.05) is 28.9 Å². The number of aromatic nitrogens is 1. The lowest BCUT2D eigenvalue weighted by Crippen LogP contribution is -2.08. The molecule has 1 aromatic carbocycles. The Labute approximate surface area is 128 Å². The predicted molar refractivity (Wildman–Crippen MR) is 81.4 cm³/mol. The van der Waals surface area contributed by atoms with Crippen molar-refractivity contribution in [3.8, 4) is 5.75 Å². The van der Waals surface area contributed by atoms with E-state index in [1.165, 1.54) is 6.07 Å². The van der Waals surface area contributed by atoms with Crippen molar-refractivity contribution >= 4 is 30.6 Å². The molecule has 0 radical (unpaired) electrons. The van der Waals surface area contributed by atoms with E-state index in [0.29, 0.717) is 36.5 Å². The van der Waals surface area contributed by atoms with Crippen LogP contribution in [0, 0.1) is 0 Å². The van der Waals surface area contributed by atoms with Gasteiger partial charge in [-0.25, -0.2) is 8.42 Å². The lowest BCUT2D eigenvalue weighted by atomic mass is 10.2. The third-order valence-electron chi connectivity index (χ3n) is 2.79. The lowest BCUT2D eigenvalue weighted by molar-refractivity contribution is 0.101. The molecule has 7 heteroatoms. The molecule has 5 nitrogen and oxygen atoms in total. The number of hydrogen-bond acceptors (Lipinski definition) is 5. The molecule has 0 unspecified atom stereocenters. The Bertz CT molecular complexity index is 718. The summed E-state index contributed by atoms with van der Waals surface area (Å²) in [4.78, 5) is 4.21. The molecule has 0 aliphatic carbocycles. The van der Waals surface area contributed by atoms with Crippen molar-refractivity contribution in [2.75, 3.05) is 19.8 Å². The maximum Gasteiger partial charge on any atom is 0.261 e. The van der Waals surface area contributed by atoms with Crippen LogP contribution in [0.1, 0.15) is 13.3 Å². The van der Waals surface area contributed by atoms with Gasteiger partial charge >= 0.3 is 0 Å². The zero-order valence-electron chi connectivity index (χ0n) is 11.6. The van der Waals surface area contributed by atoms with Crippen LogP contribution in [-0.4, -0.2) is 33.2 Å². The quantitative estimate of drug-likeness (QED) is 0.577. The van der Waals surface area contributed by atoms with Gasteiger partial charge in [-0.3, -0.25) is 4.98 Å². The second kappa shape index (κ2) is 7.06. The Morgan fingerprint density at radius 1 is 1.19 bits per heavy atom. The zero-order chi connectivity index (χ0) is 15.3. The third kappa shape index (κ3) is 4.06. The molecule has 0 saturated carbocycles. The number of ether oxygens (including phenoxy) is 2. The first-order valence-electron chi connectivity index (χ1n) is 6.57. The summed E-state index contributed by atoms with van der Waals surface area (Å²) in [6.45, 7) is 3.56. The van der Waals surface area contributed by atoms with E-state index in [0.717, 1.165) is 6.42 Å². The Hall–Kier alpha value is -1.37. The molecule has 0 aliphatic rings. The fourth-order valence-corrected chi connectivity index (χ4v) is 2.97. The maximum atomic E-state index is 11.6. The van der Waals surface area contributed by atoms with Crippen molar-refractivity contribution in [1.29, 1.82) is 0 Å². The van der Waals surface area contributed by atoms with Gasteiger partial charge in [0.15, 0.2) is 0 Å². The van der Waals surface area contributed by atoms with E-state index in [1.807, 2.05) is 6.92 Å². The molecule has 1 aromatic heterocycles. The molecule has 0 N–H and O–H groups in total. The van der Waals surface area contributed by atoms with Gasteiger partial charge in [-0.05, 0) is 30.7 Å². The van der Waals surface area contributed by atoms with Crippen LogP contribution in [-0.2, 0) is 13.8 Å². The largest absolute Gasteiger partial charge is 0.489 e. The van der Waals surface area contributed by atoms with Crippen molar-refractivity contribution in [3.05, 3.63) is 30.5 Å². The smallest absolute Gasteiger partial charge is 0.261 e. The highest BCUT2D eigenvalue weighted by molar-refractivity contribution is 8.14. The Morgan fingerprint density at radius 2 is 2.00 bits per heavy atom. The van der Waals surface area contributed by atoms with Crippen LogP contribution in [0.2, 0.25) is 0 Å². The first kappa shape index (κ1) is 16.0. The molecule has 2 rings (SSSR count). The molecule has 114 valence electrons. The molecule has 0 amide bonds. The zero-order valence-corrected chi connectivity index (χ0v) is 13.2. The number of benzene rings is 1. The molecular formula is C14H16ClNO4S. The second-order valence-electron chi connectivity index (χ2n) is 4.36. The standard InChI is InChI=1S/C14H16ClNO4S/c1-2-8-19-9-10-20-12-5-6-13(21(15,17)18)11-4-3-7-16-14(11)12/h3-7H,2,8-10H2,1H3. The number of hydrogen-bond donors (Lipinski definition) is 0. The van der Waals surface area contributed by atoms with Gasteiger partial charge in [0.2, 0.25) is 0 Å². The number of fused-ring (bicyclic) bond motifs is 1. The van der Waals surface area contributed by atoms with E-state index in [1.54, 1.807) is 24.4 Å². The summed E-state index contributed by atoms with van der Waals surface area (Å²) < 4.78 is 34.1. The van der Waals surface area contributed by atoms with Gasteiger partial charge in [0.1, 0.15) is 17.9 Å². The van der Waals surface area contributed by atoms with Gasteiger partial charge in [-0.1, -0.05) is 6.92 Å². The van der Waals surface area contributed by atoms with Crippen LogP contribution >= 0.6 is 10.7 Å². The van der Waals surface area contributed by atoms with Crippen LogP contribution in [0.5, 0.6) is 5.75 Å². The third-order valence-corrected chi connectivity index (χ3v) is 4.17. The lowest BCUT2D eigenvalue weighted by Gasteiger charge is -2.10. The van der Waals surface area contributed by atoms with Gasteiger partial charge in [-0.2, -0.15) is 0 Å². The van der Waals surface area contributed by atoms with Crippen LogP contribution in [0.25, 0.3) is 10.9 Å². The second-order valence-corrected chi connectivity index (χ2v) is 6.89. The van der Waals surface area contributed by atoms with E-state index in [2.05, 4.69) is 4.98 Å². The van der Waals surface area contributed by atoms with E-state index in [-0.39, 0.29) is 4.90 Å². The van der Waals surface area contributed by atoms with Crippen LogP contribution in [0.3, 0.4) is 0 Å². The van der Waals surface area contributed by atoms with E-state index < -0.39 is 9.05 Å². The Morgan fingerprint density at radius 3 is 2.71 bits per heavy atom. The fourth-order valence-electron chi connectivity index (χ4n) is 1.91.